The average Bonchev–Trinajstić information content (AvgIpc) is 2.79. The second kappa shape index (κ2) is 9.26. The average molecular weight is 414 g/mol. The van der Waals surface area contributed by atoms with E-state index in [1.165, 1.54) is 0 Å². The molecule has 0 saturated carbocycles. The predicted molar refractivity (Wildman–Crippen MR) is 118 cm³/mol. The summed E-state index contributed by atoms with van der Waals surface area (Å²) in [5.74, 6) is 0.382. The molecular weight excluding hydrogens is 392 g/mol. The van der Waals surface area contributed by atoms with Crippen LogP contribution in [-0.4, -0.2) is 22.5 Å². The number of nitrogens with one attached hydrogen (secondary N) is 1. The molecular formula is C25H22N2O4. The van der Waals surface area contributed by atoms with Crippen molar-refractivity contribution in [1.29, 1.82) is 0 Å². The van der Waals surface area contributed by atoms with E-state index in [0.29, 0.717) is 28.9 Å². The largest absolute Gasteiger partial charge is 0.482 e. The molecule has 0 amide bonds. The Morgan fingerprint density at radius 1 is 0.968 bits per heavy atom. The highest BCUT2D eigenvalue weighted by atomic mass is 16.6. The SMILES string of the molecule is C[C@H](OC(=O)COc1ccccc1Cc1ccccc1)c1nc2ccccc2c(=O)[nH]1. The molecule has 0 aliphatic heterocycles. The van der Waals surface area contributed by atoms with Crippen molar-refractivity contribution >= 4 is 16.9 Å². The van der Waals surface area contributed by atoms with Crippen LogP contribution < -0.4 is 10.3 Å². The van der Waals surface area contributed by atoms with Crippen LogP contribution in [0.1, 0.15) is 30.0 Å². The molecule has 0 saturated heterocycles. The summed E-state index contributed by atoms with van der Waals surface area (Å²) in [5, 5.41) is 0.489. The number of carbonyl (C=O) groups is 1. The van der Waals surface area contributed by atoms with Crippen LogP contribution in [0.2, 0.25) is 0 Å². The van der Waals surface area contributed by atoms with Crippen molar-refractivity contribution in [2.75, 3.05) is 6.61 Å². The topological polar surface area (TPSA) is 81.3 Å². The number of carbonyl (C=O) groups excluding carboxylic acids is 1. The van der Waals surface area contributed by atoms with Gasteiger partial charge in [-0.2, -0.15) is 0 Å². The van der Waals surface area contributed by atoms with E-state index in [-0.39, 0.29) is 12.2 Å². The van der Waals surface area contributed by atoms with E-state index in [9.17, 15) is 9.59 Å². The summed E-state index contributed by atoms with van der Waals surface area (Å²) in [6, 6.07) is 24.7. The van der Waals surface area contributed by atoms with Crippen LogP contribution in [0.5, 0.6) is 5.75 Å². The maximum atomic E-state index is 12.4. The van der Waals surface area contributed by atoms with Gasteiger partial charge in [0.2, 0.25) is 0 Å². The molecule has 0 bridgehead atoms. The number of nitrogens with zero attached hydrogens (tertiary/aromatic N) is 1. The van der Waals surface area contributed by atoms with Gasteiger partial charge in [-0.25, -0.2) is 9.78 Å². The van der Waals surface area contributed by atoms with E-state index in [0.717, 1.165) is 11.1 Å². The summed E-state index contributed by atoms with van der Waals surface area (Å²) >= 11 is 0. The van der Waals surface area contributed by atoms with Crippen LogP contribution in [0, 0.1) is 0 Å². The van der Waals surface area contributed by atoms with Crippen molar-refractivity contribution in [3.63, 3.8) is 0 Å². The molecule has 1 N–H and O–H groups in total. The van der Waals surface area contributed by atoms with E-state index >= 15 is 0 Å². The maximum absolute atomic E-state index is 12.4. The second-order valence-electron chi connectivity index (χ2n) is 7.16. The molecule has 1 heterocycles. The number of aromatic nitrogens is 2. The van der Waals surface area contributed by atoms with E-state index in [4.69, 9.17) is 9.47 Å². The third-order valence-electron chi connectivity index (χ3n) is 4.88. The van der Waals surface area contributed by atoms with Gasteiger partial charge in [-0.3, -0.25) is 4.79 Å². The Kier molecular flexibility index (Phi) is 6.08. The van der Waals surface area contributed by atoms with Crippen LogP contribution >= 0.6 is 0 Å². The number of hydrogen-bond donors (Lipinski definition) is 1. The molecule has 31 heavy (non-hydrogen) atoms. The fourth-order valence-corrected chi connectivity index (χ4v) is 3.33. The number of hydrogen-bond acceptors (Lipinski definition) is 5. The Bertz CT molecular complexity index is 1250. The number of benzene rings is 3. The lowest BCUT2D eigenvalue weighted by molar-refractivity contribution is -0.151. The Morgan fingerprint density at radius 2 is 1.68 bits per heavy atom. The number of rotatable bonds is 7. The van der Waals surface area contributed by atoms with Gasteiger partial charge in [0, 0.05) is 6.42 Å². The molecule has 0 spiro atoms. The molecule has 6 heteroatoms. The van der Waals surface area contributed by atoms with Gasteiger partial charge in [-0.15, -0.1) is 0 Å². The van der Waals surface area contributed by atoms with Crippen LogP contribution in [0.25, 0.3) is 10.9 Å². The number of esters is 1. The molecule has 0 unspecified atom stereocenters. The molecule has 4 rings (SSSR count). The Hall–Kier alpha value is -3.93. The minimum Gasteiger partial charge on any atom is -0.482 e. The van der Waals surface area contributed by atoms with Gasteiger partial charge < -0.3 is 14.5 Å². The van der Waals surface area contributed by atoms with Crippen molar-refractivity contribution in [2.45, 2.75) is 19.4 Å². The quantitative estimate of drug-likeness (QED) is 0.459. The Labute approximate surface area is 179 Å². The first-order valence-corrected chi connectivity index (χ1v) is 10.0. The highest BCUT2D eigenvalue weighted by Crippen LogP contribution is 2.22. The number of aromatic amines is 1. The van der Waals surface area contributed by atoms with Crippen LogP contribution in [-0.2, 0) is 16.0 Å². The lowest BCUT2D eigenvalue weighted by Gasteiger charge is -2.15. The summed E-state index contributed by atoms with van der Waals surface area (Å²) in [4.78, 5) is 31.7. The minimum atomic E-state index is -0.715. The zero-order chi connectivity index (χ0) is 21.6. The van der Waals surface area contributed by atoms with E-state index in [1.807, 2.05) is 54.6 Å². The van der Waals surface area contributed by atoms with Gasteiger partial charge in [-0.05, 0) is 36.2 Å². The highest BCUT2D eigenvalue weighted by Gasteiger charge is 2.16. The molecule has 3 aromatic carbocycles. The predicted octanol–water partition coefficient (Wildman–Crippen LogP) is 4.20. The fourth-order valence-electron chi connectivity index (χ4n) is 3.33. The third-order valence-corrected chi connectivity index (χ3v) is 4.88. The summed E-state index contributed by atoms with van der Waals surface area (Å²) < 4.78 is 11.2. The summed E-state index contributed by atoms with van der Waals surface area (Å²) in [6.07, 6.45) is -0.0157. The van der Waals surface area contributed by atoms with Gasteiger partial charge in [0.1, 0.15) is 5.75 Å². The molecule has 1 atom stereocenters. The summed E-state index contributed by atoms with van der Waals surface area (Å²) in [6.45, 7) is 1.42. The van der Waals surface area contributed by atoms with Gasteiger partial charge >= 0.3 is 5.97 Å². The normalized spacial score (nSPS) is 11.8. The van der Waals surface area contributed by atoms with E-state index in [2.05, 4.69) is 9.97 Å². The molecule has 0 radical (unpaired) electrons. The minimum absolute atomic E-state index is 0.242. The highest BCUT2D eigenvalue weighted by molar-refractivity contribution is 5.77. The first kappa shape index (κ1) is 20.3. The Balaban J connectivity index is 1.40. The zero-order valence-electron chi connectivity index (χ0n) is 17.1. The Morgan fingerprint density at radius 3 is 2.52 bits per heavy atom. The molecule has 156 valence electrons. The number of H-pyrrole nitrogens is 1. The third kappa shape index (κ3) is 4.98. The number of para-hydroxylation sites is 2. The van der Waals surface area contributed by atoms with Gasteiger partial charge in [0.25, 0.3) is 5.56 Å². The van der Waals surface area contributed by atoms with Crippen molar-refractivity contribution in [2.24, 2.45) is 0 Å². The van der Waals surface area contributed by atoms with E-state index < -0.39 is 12.1 Å². The number of fused-ring (bicyclic) bond motifs is 1. The smallest absolute Gasteiger partial charge is 0.344 e. The fraction of sp³-hybridized carbons (Fsp3) is 0.160. The zero-order valence-corrected chi connectivity index (χ0v) is 17.1. The van der Waals surface area contributed by atoms with Crippen molar-refractivity contribution in [1.82, 2.24) is 9.97 Å². The van der Waals surface area contributed by atoms with Gasteiger partial charge in [0.15, 0.2) is 18.5 Å². The van der Waals surface area contributed by atoms with Crippen molar-refractivity contribution in [3.05, 3.63) is 106 Å². The van der Waals surface area contributed by atoms with E-state index in [1.54, 1.807) is 31.2 Å². The molecule has 0 aliphatic carbocycles. The molecule has 0 fully saturated rings. The van der Waals surface area contributed by atoms with Crippen LogP contribution in [0.15, 0.2) is 83.7 Å². The lowest BCUT2D eigenvalue weighted by atomic mass is 10.0. The molecule has 1 aromatic heterocycles. The van der Waals surface area contributed by atoms with Crippen LogP contribution in [0.4, 0.5) is 0 Å². The van der Waals surface area contributed by atoms with Gasteiger partial charge in [-0.1, -0.05) is 60.7 Å². The molecule has 6 nitrogen and oxygen atoms in total. The monoisotopic (exact) mass is 414 g/mol. The maximum Gasteiger partial charge on any atom is 0.344 e. The first-order chi connectivity index (χ1) is 15.1. The standard InChI is InChI=1S/C25H22N2O4/c1-17(24-26-21-13-7-6-12-20(21)25(29)27-24)31-23(28)16-30-22-14-8-5-11-19(22)15-18-9-3-2-4-10-18/h2-14,17H,15-16H2,1H3,(H,26,27,29)/t17-/m0/s1. The van der Waals surface area contributed by atoms with Crippen molar-refractivity contribution in [3.8, 4) is 5.75 Å². The molecule has 0 aliphatic rings. The van der Waals surface area contributed by atoms with Gasteiger partial charge in [0.05, 0.1) is 10.9 Å². The summed E-state index contributed by atoms with van der Waals surface area (Å²) in [7, 11) is 0. The second-order valence-corrected chi connectivity index (χ2v) is 7.16. The first-order valence-electron chi connectivity index (χ1n) is 10.0. The lowest BCUT2D eigenvalue weighted by Crippen LogP contribution is -2.20. The van der Waals surface area contributed by atoms with Crippen molar-refractivity contribution < 1.29 is 14.3 Å². The molecule has 4 aromatic rings. The summed E-state index contributed by atoms with van der Waals surface area (Å²) in [5.41, 5.74) is 2.42. The van der Waals surface area contributed by atoms with Crippen LogP contribution in [0.3, 0.4) is 0 Å². The number of ether oxygens (including phenoxy) is 2.